The molecule has 2 N–H and O–H groups in total. The number of nitrogens with one attached hydrogen (secondary N) is 1. The highest BCUT2D eigenvalue weighted by Crippen LogP contribution is 2.37. The van der Waals surface area contributed by atoms with E-state index in [1.807, 2.05) is 0 Å². The van der Waals surface area contributed by atoms with Crippen molar-refractivity contribution in [1.82, 2.24) is 5.32 Å². The molecule has 0 aromatic rings. The van der Waals surface area contributed by atoms with Crippen LogP contribution < -0.4 is 5.32 Å². The van der Waals surface area contributed by atoms with Crippen LogP contribution in [0.5, 0.6) is 0 Å². The third-order valence-corrected chi connectivity index (χ3v) is 4.51. The van der Waals surface area contributed by atoms with Crippen molar-refractivity contribution in [3.05, 3.63) is 0 Å². The summed E-state index contributed by atoms with van der Waals surface area (Å²) in [5, 5.41) is 13.0. The van der Waals surface area contributed by atoms with Crippen LogP contribution in [0.3, 0.4) is 0 Å². The van der Waals surface area contributed by atoms with Crippen molar-refractivity contribution in [2.24, 2.45) is 0 Å². The molecule has 2 saturated carbocycles. The standard InChI is InChI=1S/C14H25NO3/c1-18-14(8-5-9-14)10-13(17)15-11-6-3-2-4-7-12(11)16/h11-12,16H,2-10H2,1H3,(H,15,17). The number of methoxy groups -OCH3 is 1. The molecule has 4 nitrogen and oxygen atoms in total. The molecule has 0 aromatic carbocycles. The summed E-state index contributed by atoms with van der Waals surface area (Å²) in [6.07, 6.45) is 8.18. The molecule has 0 radical (unpaired) electrons. The van der Waals surface area contributed by atoms with E-state index in [-0.39, 0.29) is 23.7 Å². The van der Waals surface area contributed by atoms with Gasteiger partial charge in [-0.15, -0.1) is 0 Å². The Labute approximate surface area is 109 Å². The summed E-state index contributed by atoms with van der Waals surface area (Å²) in [5.74, 6) is 0.0301. The molecule has 2 rings (SSSR count). The van der Waals surface area contributed by atoms with Gasteiger partial charge in [0.15, 0.2) is 0 Å². The minimum absolute atomic E-state index is 0.0301. The Morgan fingerprint density at radius 2 is 2.00 bits per heavy atom. The van der Waals surface area contributed by atoms with Gasteiger partial charge < -0.3 is 15.2 Å². The fraction of sp³-hybridized carbons (Fsp3) is 0.929. The van der Waals surface area contributed by atoms with E-state index in [0.29, 0.717) is 6.42 Å². The van der Waals surface area contributed by atoms with Gasteiger partial charge >= 0.3 is 0 Å². The monoisotopic (exact) mass is 255 g/mol. The molecule has 0 aromatic heterocycles. The zero-order valence-electron chi connectivity index (χ0n) is 11.3. The van der Waals surface area contributed by atoms with Gasteiger partial charge in [-0.25, -0.2) is 0 Å². The Morgan fingerprint density at radius 1 is 1.28 bits per heavy atom. The van der Waals surface area contributed by atoms with E-state index in [2.05, 4.69) is 5.32 Å². The van der Waals surface area contributed by atoms with Gasteiger partial charge in [0.05, 0.1) is 24.2 Å². The first-order valence-electron chi connectivity index (χ1n) is 7.18. The van der Waals surface area contributed by atoms with Gasteiger partial charge in [-0.05, 0) is 32.1 Å². The summed E-state index contributed by atoms with van der Waals surface area (Å²) in [7, 11) is 1.69. The van der Waals surface area contributed by atoms with Crippen LogP contribution in [0.4, 0.5) is 0 Å². The maximum Gasteiger partial charge on any atom is 0.223 e. The average molecular weight is 255 g/mol. The van der Waals surface area contributed by atoms with E-state index in [0.717, 1.165) is 51.4 Å². The number of ether oxygens (including phenoxy) is 1. The first kappa shape index (κ1) is 13.8. The van der Waals surface area contributed by atoms with Gasteiger partial charge in [-0.2, -0.15) is 0 Å². The lowest BCUT2D eigenvalue weighted by atomic mass is 9.77. The van der Waals surface area contributed by atoms with E-state index in [1.54, 1.807) is 7.11 Å². The van der Waals surface area contributed by atoms with Gasteiger partial charge in [-0.3, -0.25) is 4.79 Å². The second kappa shape index (κ2) is 6.02. The van der Waals surface area contributed by atoms with Crippen LogP contribution in [0, 0.1) is 0 Å². The summed E-state index contributed by atoms with van der Waals surface area (Å²) in [4.78, 5) is 12.0. The Balaban J connectivity index is 1.82. The number of aliphatic hydroxyl groups excluding tert-OH is 1. The molecule has 4 heteroatoms. The second-order valence-corrected chi connectivity index (χ2v) is 5.80. The minimum Gasteiger partial charge on any atom is -0.391 e. The third-order valence-electron chi connectivity index (χ3n) is 4.51. The quantitative estimate of drug-likeness (QED) is 0.753. The summed E-state index contributed by atoms with van der Waals surface area (Å²) < 4.78 is 5.46. The van der Waals surface area contributed by atoms with E-state index in [9.17, 15) is 9.90 Å². The lowest BCUT2D eigenvalue weighted by Gasteiger charge is -2.40. The lowest BCUT2D eigenvalue weighted by Crippen LogP contribution is -2.48. The van der Waals surface area contributed by atoms with Crippen molar-refractivity contribution < 1.29 is 14.6 Å². The van der Waals surface area contributed by atoms with Crippen LogP contribution in [0.1, 0.15) is 57.8 Å². The Hall–Kier alpha value is -0.610. The van der Waals surface area contributed by atoms with Crippen LogP contribution in [-0.2, 0) is 9.53 Å². The number of amides is 1. The summed E-state index contributed by atoms with van der Waals surface area (Å²) in [6, 6.07) is -0.0611. The van der Waals surface area contributed by atoms with Gasteiger partial charge in [-0.1, -0.05) is 19.3 Å². The highest BCUT2D eigenvalue weighted by Gasteiger charge is 2.39. The number of rotatable bonds is 4. The van der Waals surface area contributed by atoms with E-state index in [1.165, 1.54) is 0 Å². The van der Waals surface area contributed by atoms with Gasteiger partial charge in [0.2, 0.25) is 5.91 Å². The topological polar surface area (TPSA) is 58.6 Å². The molecular weight excluding hydrogens is 230 g/mol. The Kier molecular flexibility index (Phi) is 4.62. The van der Waals surface area contributed by atoms with Gasteiger partial charge in [0.1, 0.15) is 0 Å². The van der Waals surface area contributed by atoms with E-state index < -0.39 is 0 Å². The second-order valence-electron chi connectivity index (χ2n) is 5.80. The van der Waals surface area contributed by atoms with Crippen molar-refractivity contribution in [2.75, 3.05) is 7.11 Å². The molecule has 2 atom stereocenters. The maximum atomic E-state index is 12.0. The Morgan fingerprint density at radius 3 is 2.61 bits per heavy atom. The van der Waals surface area contributed by atoms with Gasteiger partial charge in [0.25, 0.3) is 0 Å². The summed E-state index contributed by atoms with van der Waals surface area (Å²) >= 11 is 0. The van der Waals surface area contributed by atoms with Crippen molar-refractivity contribution in [1.29, 1.82) is 0 Å². The number of carbonyl (C=O) groups is 1. The highest BCUT2D eigenvalue weighted by atomic mass is 16.5. The summed E-state index contributed by atoms with van der Waals surface area (Å²) in [6.45, 7) is 0. The number of aliphatic hydroxyl groups is 1. The van der Waals surface area contributed by atoms with Crippen molar-refractivity contribution in [3.63, 3.8) is 0 Å². The Bertz CT molecular complexity index is 283. The normalized spacial score (nSPS) is 31.2. The maximum absolute atomic E-state index is 12.0. The molecule has 2 aliphatic rings. The van der Waals surface area contributed by atoms with E-state index in [4.69, 9.17) is 4.74 Å². The van der Waals surface area contributed by atoms with Crippen molar-refractivity contribution in [2.45, 2.75) is 75.5 Å². The first-order chi connectivity index (χ1) is 8.65. The van der Waals surface area contributed by atoms with Crippen LogP contribution in [0.25, 0.3) is 0 Å². The molecular formula is C14H25NO3. The third kappa shape index (κ3) is 3.23. The van der Waals surface area contributed by atoms with Crippen LogP contribution in [-0.4, -0.2) is 35.9 Å². The molecule has 0 spiro atoms. The molecule has 1 amide bonds. The predicted molar refractivity (Wildman–Crippen MR) is 69.2 cm³/mol. The van der Waals surface area contributed by atoms with Crippen LogP contribution in [0.15, 0.2) is 0 Å². The average Bonchev–Trinajstić information content (AvgIpc) is 2.50. The fourth-order valence-corrected chi connectivity index (χ4v) is 3.03. The fourth-order valence-electron chi connectivity index (χ4n) is 3.03. The number of hydrogen-bond donors (Lipinski definition) is 2. The smallest absolute Gasteiger partial charge is 0.223 e. The van der Waals surface area contributed by atoms with Crippen LogP contribution >= 0.6 is 0 Å². The zero-order chi connectivity index (χ0) is 13.0. The van der Waals surface area contributed by atoms with E-state index >= 15 is 0 Å². The minimum atomic E-state index is -0.378. The molecule has 2 fully saturated rings. The van der Waals surface area contributed by atoms with Gasteiger partial charge in [0, 0.05) is 7.11 Å². The molecule has 0 saturated heterocycles. The molecule has 0 bridgehead atoms. The number of carbonyl (C=O) groups excluding carboxylic acids is 1. The molecule has 2 aliphatic carbocycles. The molecule has 2 unspecified atom stereocenters. The number of hydrogen-bond acceptors (Lipinski definition) is 3. The highest BCUT2D eigenvalue weighted by molar-refractivity contribution is 5.77. The molecule has 0 heterocycles. The lowest BCUT2D eigenvalue weighted by molar-refractivity contribution is -0.135. The zero-order valence-corrected chi connectivity index (χ0v) is 11.3. The first-order valence-corrected chi connectivity index (χ1v) is 7.18. The largest absolute Gasteiger partial charge is 0.391 e. The predicted octanol–water partition coefficient (Wildman–Crippen LogP) is 1.76. The molecule has 0 aliphatic heterocycles. The summed E-state index contributed by atoms with van der Waals surface area (Å²) in [5.41, 5.74) is -0.222. The molecule has 18 heavy (non-hydrogen) atoms. The SMILES string of the molecule is COC1(CC(=O)NC2CCCCCC2O)CCC1. The van der Waals surface area contributed by atoms with Crippen molar-refractivity contribution >= 4 is 5.91 Å². The van der Waals surface area contributed by atoms with Crippen LogP contribution in [0.2, 0.25) is 0 Å². The van der Waals surface area contributed by atoms with Crippen molar-refractivity contribution in [3.8, 4) is 0 Å². The molecule has 104 valence electrons.